The van der Waals surface area contributed by atoms with Crippen molar-refractivity contribution >= 4 is 18.6 Å². The van der Waals surface area contributed by atoms with Gasteiger partial charge in [0.2, 0.25) is 0 Å². The summed E-state index contributed by atoms with van der Waals surface area (Å²) < 4.78 is 22.7. The zero-order chi connectivity index (χ0) is 20.7. The van der Waals surface area contributed by atoms with E-state index in [-0.39, 0.29) is 5.69 Å². The monoisotopic (exact) mass is 383 g/mol. The maximum atomic E-state index is 11.7. The van der Waals surface area contributed by atoms with E-state index in [4.69, 9.17) is 18.8 Å². The lowest BCUT2D eigenvalue weighted by Crippen LogP contribution is -2.41. The first kappa shape index (κ1) is 20.4. The average molecular weight is 383 g/mol. The standard InChI is InChI=1S/C21H26BNO5/c1-13-10-17(19(24)26-7)23-12-15(13)14-8-9-18(25-6)16(11-14)22-27-20(2,3)21(4,5)28-22/h8-12H,1-7H3. The number of methoxy groups -OCH3 is 2. The largest absolute Gasteiger partial charge is 0.498 e. The van der Waals surface area contributed by atoms with Gasteiger partial charge in [-0.05, 0) is 57.9 Å². The van der Waals surface area contributed by atoms with Gasteiger partial charge in [-0.2, -0.15) is 0 Å². The molecule has 0 aliphatic carbocycles. The van der Waals surface area contributed by atoms with Crippen LogP contribution in [0.15, 0.2) is 30.5 Å². The van der Waals surface area contributed by atoms with Gasteiger partial charge < -0.3 is 18.8 Å². The number of hydrogen-bond donors (Lipinski definition) is 0. The summed E-state index contributed by atoms with van der Waals surface area (Å²) in [6.45, 7) is 10.00. The van der Waals surface area contributed by atoms with Gasteiger partial charge in [0.05, 0.1) is 25.4 Å². The van der Waals surface area contributed by atoms with Gasteiger partial charge in [-0.25, -0.2) is 9.78 Å². The van der Waals surface area contributed by atoms with Gasteiger partial charge in [-0.3, -0.25) is 0 Å². The van der Waals surface area contributed by atoms with Gasteiger partial charge in [0.15, 0.2) is 0 Å². The molecule has 0 bridgehead atoms. The van der Waals surface area contributed by atoms with Gasteiger partial charge in [0.1, 0.15) is 11.4 Å². The molecule has 0 radical (unpaired) electrons. The molecular weight excluding hydrogens is 357 g/mol. The fraction of sp³-hybridized carbons (Fsp3) is 0.429. The Hall–Kier alpha value is -2.38. The van der Waals surface area contributed by atoms with E-state index in [1.54, 1.807) is 19.4 Å². The quantitative estimate of drug-likeness (QED) is 0.597. The maximum Gasteiger partial charge on any atom is 0.498 e. The first-order valence-electron chi connectivity index (χ1n) is 9.18. The van der Waals surface area contributed by atoms with Gasteiger partial charge in [-0.1, -0.05) is 12.1 Å². The van der Waals surface area contributed by atoms with Crippen LogP contribution < -0.4 is 10.2 Å². The minimum atomic E-state index is -0.539. The molecule has 0 saturated carbocycles. The van der Waals surface area contributed by atoms with Crippen LogP contribution in [0.5, 0.6) is 5.75 Å². The van der Waals surface area contributed by atoms with E-state index in [0.29, 0.717) is 5.75 Å². The van der Waals surface area contributed by atoms with Crippen molar-refractivity contribution in [3.8, 4) is 16.9 Å². The molecule has 28 heavy (non-hydrogen) atoms. The Morgan fingerprint density at radius 3 is 2.25 bits per heavy atom. The molecule has 0 spiro atoms. The number of rotatable bonds is 4. The third-order valence-electron chi connectivity index (χ3n) is 5.55. The van der Waals surface area contributed by atoms with E-state index < -0.39 is 24.3 Å². The van der Waals surface area contributed by atoms with Gasteiger partial charge in [-0.15, -0.1) is 0 Å². The lowest BCUT2D eigenvalue weighted by molar-refractivity contribution is 0.00578. The number of ether oxygens (including phenoxy) is 2. The molecule has 1 fully saturated rings. The molecular formula is C21H26BNO5. The molecule has 1 aliphatic heterocycles. The van der Waals surface area contributed by atoms with Gasteiger partial charge in [0.25, 0.3) is 0 Å². The van der Waals surface area contributed by atoms with Gasteiger partial charge >= 0.3 is 13.1 Å². The fourth-order valence-electron chi connectivity index (χ4n) is 3.13. The third-order valence-corrected chi connectivity index (χ3v) is 5.55. The lowest BCUT2D eigenvalue weighted by atomic mass is 9.77. The highest BCUT2D eigenvalue weighted by molar-refractivity contribution is 6.63. The van der Waals surface area contributed by atoms with Crippen molar-refractivity contribution in [2.24, 2.45) is 0 Å². The van der Waals surface area contributed by atoms with E-state index in [2.05, 4.69) is 4.98 Å². The van der Waals surface area contributed by atoms with Gasteiger partial charge in [0, 0.05) is 17.2 Å². The normalized spacial score (nSPS) is 17.5. The molecule has 148 valence electrons. The number of carbonyl (C=O) groups is 1. The van der Waals surface area contributed by atoms with Crippen molar-refractivity contribution in [3.63, 3.8) is 0 Å². The van der Waals surface area contributed by atoms with Crippen LogP contribution in [0.25, 0.3) is 11.1 Å². The van der Waals surface area contributed by atoms with Crippen LogP contribution in [-0.2, 0) is 14.0 Å². The number of pyridine rings is 1. The summed E-state index contributed by atoms with van der Waals surface area (Å²) in [5.41, 5.74) is 2.97. The highest BCUT2D eigenvalue weighted by Crippen LogP contribution is 2.37. The van der Waals surface area contributed by atoms with E-state index in [9.17, 15) is 4.79 Å². The third kappa shape index (κ3) is 3.52. The molecule has 2 aromatic rings. The van der Waals surface area contributed by atoms with Crippen molar-refractivity contribution in [2.75, 3.05) is 14.2 Å². The van der Waals surface area contributed by atoms with Crippen LogP contribution in [0.4, 0.5) is 0 Å². The summed E-state index contributed by atoms with van der Waals surface area (Å²) in [6, 6.07) is 7.56. The molecule has 0 amide bonds. The Bertz CT molecular complexity index is 894. The van der Waals surface area contributed by atoms with Crippen molar-refractivity contribution in [3.05, 3.63) is 41.7 Å². The van der Waals surface area contributed by atoms with Crippen LogP contribution in [0.3, 0.4) is 0 Å². The van der Waals surface area contributed by atoms with E-state index in [1.807, 2.05) is 52.8 Å². The van der Waals surface area contributed by atoms with Crippen molar-refractivity contribution in [1.29, 1.82) is 0 Å². The Morgan fingerprint density at radius 1 is 1.07 bits per heavy atom. The number of aryl methyl sites for hydroxylation is 1. The summed E-state index contributed by atoms with van der Waals surface area (Å²) in [7, 11) is 2.43. The molecule has 7 heteroatoms. The fourth-order valence-corrected chi connectivity index (χ4v) is 3.13. The predicted molar refractivity (Wildman–Crippen MR) is 108 cm³/mol. The molecule has 1 aliphatic rings. The zero-order valence-electron chi connectivity index (χ0n) is 17.5. The number of aromatic nitrogens is 1. The molecule has 1 aromatic heterocycles. The first-order chi connectivity index (χ1) is 13.1. The summed E-state index contributed by atoms with van der Waals surface area (Å²) in [4.78, 5) is 15.9. The van der Waals surface area contributed by atoms with Crippen LogP contribution in [0.1, 0.15) is 43.7 Å². The molecule has 3 rings (SSSR count). The number of benzene rings is 1. The SMILES string of the molecule is COC(=O)c1cc(C)c(-c2ccc(OC)c(B3OC(C)(C)C(C)(C)O3)c2)cn1. The minimum Gasteiger partial charge on any atom is -0.497 e. The lowest BCUT2D eigenvalue weighted by Gasteiger charge is -2.32. The maximum absolute atomic E-state index is 11.7. The van der Waals surface area contributed by atoms with Crippen molar-refractivity contribution < 1.29 is 23.6 Å². The molecule has 2 heterocycles. The highest BCUT2D eigenvalue weighted by Gasteiger charge is 2.52. The summed E-state index contributed by atoms with van der Waals surface area (Å²) in [5, 5.41) is 0. The second-order valence-electron chi connectivity index (χ2n) is 7.92. The molecule has 6 nitrogen and oxygen atoms in total. The molecule has 0 N–H and O–H groups in total. The summed E-state index contributed by atoms with van der Waals surface area (Å²) >= 11 is 0. The predicted octanol–water partition coefficient (Wildman–Crippen LogP) is 3.15. The Kier molecular flexibility index (Phi) is 5.25. The summed E-state index contributed by atoms with van der Waals surface area (Å²) in [6.07, 6.45) is 1.68. The van der Waals surface area contributed by atoms with Crippen molar-refractivity contribution in [2.45, 2.75) is 45.8 Å². The smallest absolute Gasteiger partial charge is 0.497 e. The Labute approximate surface area is 166 Å². The average Bonchev–Trinajstić information content (AvgIpc) is 2.87. The second-order valence-corrected chi connectivity index (χ2v) is 7.92. The summed E-state index contributed by atoms with van der Waals surface area (Å²) in [5.74, 6) is 0.237. The zero-order valence-corrected chi connectivity index (χ0v) is 17.5. The van der Waals surface area contributed by atoms with Crippen molar-refractivity contribution in [1.82, 2.24) is 4.98 Å². The van der Waals surface area contributed by atoms with Crippen LogP contribution in [0.2, 0.25) is 0 Å². The number of hydrogen-bond acceptors (Lipinski definition) is 6. The Morgan fingerprint density at radius 2 is 1.71 bits per heavy atom. The van der Waals surface area contributed by atoms with Crippen LogP contribution in [0, 0.1) is 6.92 Å². The molecule has 0 atom stereocenters. The topological polar surface area (TPSA) is 66.9 Å². The van der Waals surface area contributed by atoms with Crippen LogP contribution >= 0.6 is 0 Å². The molecule has 0 unspecified atom stereocenters. The van der Waals surface area contributed by atoms with E-state index in [1.165, 1.54) is 7.11 Å². The number of nitrogens with zero attached hydrogens (tertiary/aromatic N) is 1. The minimum absolute atomic E-state index is 0.281. The highest BCUT2D eigenvalue weighted by atomic mass is 16.7. The number of carbonyl (C=O) groups excluding carboxylic acids is 1. The van der Waals surface area contributed by atoms with E-state index in [0.717, 1.165) is 22.2 Å². The number of esters is 1. The Balaban J connectivity index is 2.02. The molecule has 1 aromatic carbocycles. The van der Waals surface area contributed by atoms with Crippen LogP contribution in [-0.4, -0.2) is 43.5 Å². The second kappa shape index (κ2) is 7.22. The van der Waals surface area contributed by atoms with E-state index >= 15 is 0 Å². The molecule has 1 saturated heterocycles. The first-order valence-corrected chi connectivity index (χ1v) is 9.18.